The van der Waals surface area contributed by atoms with Gasteiger partial charge >= 0.3 is 0 Å². The van der Waals surface area contributed by atoms with Crippen LogP contribution >= 0.6 is 0 Å². The van der Waals surface area contributed by atoms with E-state index in [1.165, 1.54) is 5.39 Å². The van der Waals surface area contributed by atoms with E-state index in [1.807, 2.05) is 24.4 Å². The maximum atomic E-state index is 5.82. The molecule has 2 rings (SSSR count). The van der Waals surface area contributed by atoms with Crippen molar-refractivity contribution in [2.75, 3.05) is 6.54 Å². The number of hydrogen-bond donors (Lipinski definition) is 3. The average Bonchev–Trinajstić information content (AvgIpc) is 2.63. The Labute approximate surface area is 76.7 Å². The van der Waals surface area contributed by atoms with Crippen molar-refractivity contribution >= 4 is 10.9 Å². The van der Waals surface area contributed by atoms with Gasteiger partial charge in [-0.3, -0.25) is 0 Å². The van der Waals surface area contributed by atoms with Gasteiger partial charge < -0.3 is 16.5 Å². The Hall–Kier alpha value is -1.32. The highest BCUT2D eigenvalue weighted by Crippen LogP contribution is 2.17. The van der Waals surface area contributed by atoms with Crippen molar-refractivity contribution in [2.45, 2.75) is 6.04 Å². The topological polar surface area (TPSA) is 67.8 Å². The highest BCUT2D eigenvalue weighted by Gasteiger charge is 2.03. The van der Waals surface area contributed by atoms with Crippen LogP contribution in [0, 0.1) is 0 Å². The summed E-state index contributed by atoms with van der Waals surface area (Å²) in [6, 6.07) is 8.08. The van der Waals surface area contributed by atoms with Crippen molar-refractivity contribution in [3.05, 3.63) is 36.0 Å². The van der Waals surface area contributed by atoms with Crippen molar-refractivity contribution in [1.29, 1.82) is 0 Å². The molecule has 13 heavy (non-hydrogen) atoms. The number of nitrogens with two attached hydrogens (primary N) is 2. The van der Waals surface area contributed by atoms with E-state index in [1.54, 1.807) is 0 Å². The Kier molecular flexibility index (Phi) is 2.04. The molecule has 0 aliphatic carbocycles. The lowest BCUT2D eigenvalue weighted by atomic mass is 10.1. The molecule has 1 aromatic heterocycles. The number of nitrogens with one attached hydrogen (secondary N) is 1. The molecule has 3 nitrogen and oxygen atoms in total. The zero-order valence-electron chi connectivity index (χ0n) is 7.33. The molecule has 0 radical (unpaired) electrons. The normalized spacial score (nSPS) is 13.4. The minimum absolute atomic E-state index is 0.0562. The largest absolute Gasteiger partial charge is 0.361 e. The maximum absolute atomic E-state index is 5.82. The molecule has 0 fully saturated rings. The lowest BCUT2D eigenvalue weighted by Gasteiger charge is -2.08. The fourth-order valence-electron chi connectivity index (χ4n) is 1.44. The zero-order valence-corrected chi connectivity index (χ0v) is 7.33. The van der Waals surface area contributed by atoms with Gasteiger partial charge in [0.15, 0.2) is 0 Å². The number of aromatic nitrogens is 1. The third-order valence-electron chi connectivity index (χ3n) is 2.26. The molecule has 1 heterocycles. The number of fused-ring (bicyclic) bond motifs is 1. The molecule has 0 bridgehead atoms. The molecule has 1 unspecified atom stereocenters. The van der Waals surface area contributed by atoms with E-state index >= 15 is 0 Å². The van der Waals surface area contributed by atoms with Crippen LogP contribution in [0.3, 0.4) is 0 Å². The van der Waals surface area contributed by atoms with Gasteiger partial charge in [-0.15, -0.1) is 0 Å². The van der Waals surface area contributed by atoms with Crippen molar-refractivity contribution < 1.29 is 0 Å². The van der Waals surface area contributed by atoms with Gasteiger partial charge in [-0.2, -0.15) is 0 Å². The number of H-pyrrole nitrogens is 1. The first-order chi connectivity index (χ1) is 6.31. The highest BCUT2D eigenvalue weighted by atomic mass is 14.7. The summed E-state index contributed by atoms with van der Waals surface area (Å²) < 4.78 is 0. The van der Waals surface area contributed by atoms with Gasteiger partial charge in [-0.25, -0.2) is 0 Å². The molecule has 68 valence electrons. The molecule has 3 heteroatoms. The molecule has 1 aromatic carbocycles. The van der Waals surface area contributed by atoms with Crippen molar-refractivity contribution in [1.82, 2.24) is 4.98 Å². The van der Waals surface area contributed by atoms with Gasteiger partial charge in [0, 0.05) is 24.3 Å². The number of aromatic amines is 1. The van der Waals surface area contributed by atoms with E-state index in [0.717, 1.165) is 11.1 Å². The third-order valence-corrected chi connectivity index (χ3v) is 2.26. The second-order valence-electron chi connectivity index (χ2n) is 3.17. The van der Waals surface area contributed by atoms with Crippen LogP contribution in [-0.4, -0.2) is 11.5 Å². The Bertz CT molecular complexity index is 405. The van der Waals surface area contributed by atoms with Crippen LogP contribution in [0.4, 0.5) is 0 Å². The molecule has 0 amide bonds. The maximum Gasteiger partial charge on any atom is 0.0454 e. The predicted octanol–water partition coefficient (Wildman–Crippen LogP) is 1.13. The zero-order chi connectivity index (χ0) is 9.26. The van der Waals surface area contributed by atoms with Crippen LogP contribution < -0.4 is 11.5 Å². The van der Waals surface area contributed by atoms with Gasteiger partial charge in [-0.1, -0.05) is 6.07 Å². The van der Waals surface area contributed by atoms with Crippen LogP contribution in [0.1, 0.15) is 11.6 Å². The third kappa shape index (κ3) is 1.43. The van der Waals surface area contributed by atoms with Crippen LogP contribution in [0.2, 0.25) is 0 Å². The summed E-state index contributed by atoms with van der Waals surface area (Å²) >= 11 is 0. The van der Waals surface area contributed by atoms with Gasteiger partial charge in [0.2, 0.25) is 0 Å². The fourth-order valence-corrected chi connectivity index (χ4v) is 1.44. The van der Waals surface area contributed by atoms with Crippen LogP contribution in [0.25, 0.3) is 10.9 Å². The van der Waals surface area contributed by atoms with E-state index in [-0.39, 0.29) is 6.04 Å². The fraction of sp³-hybridized carbons (Fsp3) is 0.200. The summed E-state index contributed by atoms with van der Waals surface area (Å²) in [5.74, 6) is 0. The molecule has 0 saturated carbocycles. The molecule has 5 N–H and O–H groups in total. The lowest BCUT2D eigenvalue weighted by Crippen LogP contribution is -2.20. The average molecular weight is 175 g/mol. The number of benzene rings is 1. The summed E-state index contributed by atoms with van der Waals surface area (Å²) in [7, 11) is 0. The summed E-state index contributed by atoms with van der Waals surface area (Å²) in [4.78, 5) is 3.13. The lowest BCUT2D eigenvalue weighted by molar-refractivity contribution is 0.738. The van der Waals surface area contributed by atoms with Crippen LogP contribution in [-0.2, 0) is 0 Å². The predicted molar refractivity (Wildman–Crippen MR) is 54.3 cm³/mol. The van der Waals surface area contributed by atoms with E-state index in [0.29, 0.717) is 6.54 Å². The first-order valence-electron chi connectivity index (χ1n) is 4.34. The van der Waals surface area contributed by atoms with E-state index in [4.69, 9.17) is 11.5 Å². The van der Waals surface area contributed by atoms with Crippen LogP contribution in [0.5, 0.6) is 0 Å². The summed E-state index contributed by atoms with van der Waals surface area (Å²) in [5, 5.41) is 1.18. The summed E-state index contributed by atoms with van der Waals surface area (Å²) in [6.07, 6.45) is 1.92. The second kappa shape index (κ2) is 3.20. The highest BCUT2D eigenvalue weighted by molar-refractivity contribution is 5.80. The monoisotopic (exact) mass is 175 g/mol. The summed E-state index contributed by atoms with van der Waals surface area (Å²) in [5.41, 5.74) is 13.5. The standard InChI is InChI=1S/C10H13N3/c11-6-9(12)7-1-2-10-8(5-7)3-4-13-10/h1-5,9,13H,6,11-12H2. The first-order valence-corrected chi connectivity index (χ1v) is 4.34. The minimum atomic E-state index is -0.0562. The van der Waals surface area contributed by atoms with E-state index < -0.39 is 0 Å². The molecule has 0 spiro atoms. The Morgan fingerprint density at radius 1 is 1.31 bits per heavy atom. The molecule has 0 saturated heterocycles. The first kappa shape index (κ1) is 8.29. The van der Waals surface area contributed by atoms with Gasteiger partial charge in [0.05, 0.1) is 0 Å². The number of hydrogen-bond acceptors (Lipinski definition) is 2. The second-order valence-corrected chi connectivity index (χ2v) is 3.17. The molecule has 2 aromatic rings. The summed E-state index contributed by atoms with van der Waals surface area (Å²) in [6.45, 7) is 0.482. The van der Waals surface area contributed by atoms with E-state index in [2.05, 4.69) is 11.1 Å². The molecule has 1 atom stereocenters. The smallest absolute Gasteiger partial charge is 0.0454 e. The van der Waals surface area contributed by atoms with Gasteiger partial charge in [0.25, 0.3) is 0 Å². The molecular formula is C10H13N3. The van der Waals surface area contributed by atoms with Crippen molar-refractivity contribution in [2.24, 2.45) is 11.5 Å². The van der Waals surface area contributed by atoms with Gasteiger partial charge in [0.1, 0.15) is 0 Å². The molecule has 0 aliphatic heterocycles. The Balaban J connectivity index is 2.48. The minimum Gasteiger partial charge on any atom is -0.361 e. The van der Waals surface area contributed by atoms with Crippen molar-refractivity contribution in [3.63, 3.8) is 0 Å². The van der Waals surface area contributed by atoms with Gasteiger partial charge in [-0.05, 0) is 29.1 Å². The van der Waals surface area contributed by atoms with Crippen molar-refractivity contribution in [3.8, 4) is 0 Å². The number of rotatable bonds is 2. The SMILES string of the molecule is NCC(N)c1ccc2[nH]ccc2c1. The van der Waals surface area contributed by atoms with Crippen LogP contribution in [0.15, 0.2) is 30.5 Å². The molecule has 0 aliphatic rings. The molecular weight excluding hydrogens is 162 g/mol. The Morgan fingerprint density at radius 2 is 2.15 bits per heavy atom. The quantitative estimate of drug-likeness (QED) is 0.640. The Morgan fingerprint density at radius 3 is 2.92 bits per heavy atom. The van der Waals surface area contributed by atoms with E-state index in [9.17, 15) is 0 Å².